The van der Waals surface area contributed by atoms with Crippen molar-refractivity contribution in [2.45, 2.75) is 51.2 Å². The van der Waals surface area contributed by atoms with E-state index in [9.17, 15) is 0 Å². The van der Waals surface area contributed by atoms with Crippen molar-refractivity contribution in [2.75, 3.05) is 26.8 Å². The predicted molar refractivity (Wildman–Crippen MR) is 66.6 cm³/mol. The Kier molecular flexibility index (Phi) is 4.22. The van der Waals surface area contributed by atoms with Gasteiger partial charge in [-0.15, -0.1) is 0 Å². The minimum atomic E-state index is 0.557. The van der Waals surface area contributed by atoms with Crippen LogP contribution in [0.15, 0.2) is 0 Å². The zero-order valence-corrected chi connectivity index (χ0v) is 10.9. The highest BCUT2D eigenvalue weighted by molar-refractivity contribution is 4.87. The zero-order valence-electron chi connectivity index (χ0n) is 10.9. The van der Waals surface area contributed by atoms with Crippen LogP contribution in [0.25, 0.3) is 0 Å². The molecular formula is C13H26N2O. The summed E-state index contributed by atoms with van der Waals surface area (Å²) in [5, 5.41) is 3.38. The molecule has 2 aliphatic heterocycles. The van der Waals surface area contributed by atoms with Gasteiger partial charge in [-0.1, -0.05) is 6.42 Å². The second-order valence-corrected chi connectivity index (χ2v) is 5.52. The Morgan fingerprint density at radius 2 is 1.88 bits per heavy atom. The van der Waals surface area contributed by atoms with E-state index in [1.165, 1.54) is 25.8 Å². The van der Waals surface area contributed by atoms with Crippen LogP contribution in [0.5, 0.6) is 0 Å². The van der Waals surface area contributed by atoms with Gasteiger partial charge in [0.05, 0.1) is 13.2 Å². The summed E-state index contributed by atoms with van der Waals surface area (Å²) in [5.74, 6) is 0.674. The van der Waals surface area contributed by atoms with Crippen LogP contribution in [0.4, 0.5) is 0 Å². The standard InChI is InChI=1S/C13H26N2O/c1-10-5-4-6-11(2)15(10)7-12-8-16-9-13(12)14-3/h10-14H,4-9H2,1-3H3/t10-,11+,12?,13?. The summed E-state index contributed by atoms with van der Waals surface area (Å²) in [5.41, 5.74) is 0. The largest absolute Gasteiger partial charge is 0.379 e. The lowest BCUT2D eigenvalue weighted by Crippen LogP contribution is -2.49. The van der Waals surface area contributed by atoms with Gasteiger partial charge in [0.25, 0.3) is 0 Å². The molecule has 0 aromatic carbocycles. The maximum absolute atomic E-state index is 5.58. The quantitative estimate of drug-likeness (QED) is 0.789. The fraction of sp³-hybridized carbons (Fsp3) is 1.00. The van der Waals surface area contributed by atoms with E-state index in [-0.39, 0.29) is 0 Å². The summed E-state index contributed by atoms with van der Waals surface area (Å²) in [6.45, 7) is 7.77. The van der Waals surface area contributed by atoms with Gasteiger partial charge < -0.3 is 10.1 Å². The monoisotopic (exact) mass is 226 g/mol. The van der Waals surface area contributed by atoms with E-state index in [4.69, 9.17) is 4.74 Å². The summed E-state index contributed by atoms with van der Waals surface area (Å²) < 4.78 is 5.58. The third kappa shape index (κ3) is 2.58. The normalized spacial score (nSPS) is 41.4. The molecule has 0 saturated carbocycles. The Morgan fingerprint density at radius 1 is 1.19 bits per heavy atom. The molecular weight excluding hydrogens is 200 g/mol. The first kappa shape index (κ1) is 12.3. The summed E-state index contributed by atoms with van der Waals surface area (Å²) in [4.78, 5) is 2.69. The minimum absolute atomic E-state index is 0.557. The third-order valence-electron chi connectivity index (χ3n) is 4.39. The first-order chi connectivity index (χ1) is 7.72. The number of hydrogen-bond donors (Lipinski definition) is 1. The van der Waals surface area contributed by atoms with Crippen LogP contribution in [0, 0.1) is 5.92 Å². The SMILES string of the molecule is CNC1COCC1CN1[C@H](C)CCC[C@@H]1C. The zero-order chi connectivity index (χ0) is 11.5. The van der Waals surface area contributed by atoms with Crippen molar-refractivity contribution in [3.05, 3.63) is 0 Å². The molecule has 1 N–H and O–H groups in total. The van der Waals surface area contributed by atoms with Crippen molar-refractivity contribution in [3.8, 4) is 0 Å². The van der Waals surface area contributed by atoms with E-state index in [0.717, 1.165) is 25.3 Å². The van der Waals surface area contributed by atoms with Crippen LogP contribution in [0.1, 0.15) is 33.1 Å². The number of ether oxygens (including phenoxy) is 1. The van der Waals surface area contributed by atoms with Crippen LogP contribution >= 0.6 is 0 Å². The molecule has 2 fully saturated rings. The maximum Gasteiger partial charge on any atom is 0.0623 e. The lowest BCUT2D eigenvalue weighted by molar-refractivity contribution is 0.0765. The molecule has 2 aliphatic rings. The van der Waals surface area contributed by atoms with E-state index in [1.807, 2.05) is 0 Å². The molecule has 2 saturated heterocycles. The van der Waals surface area contributed by atoms with Crippen LogP contribution in [-0.2, 0) is 4.74 Å². The van der Waals surface area contributed by atoms with Crippen molar-refractivity contribution in [1.82, 2.24) is 10.2 Å². The molecule has 94 valence electrons. The molecule has 0 aromatic rings. The molecule has 16 heavy (non-hydrogen) atoms. The van der Waals surface area contributed by atoms with Crippen molar-refractivity contribution in [3.63, 3.8) is 0 Å². The number of likely N-dealkylation sites (N-methyl/N-ethyl adjacent to an activating group) is 1. The van der Waals surface area contributed by atoms with Gasteiger partial charge in [0.2, 0.25) is 0 Å². The highest BCUT2D eigenvalue weighted by atomic mass is 16.5. The molecule has 0 aromatic heterocycles. The van der Waals surface area contributed by atoms with E-state index >= 15 is 0 Å². The summed E-state index contributed by atoms with van der Waals surface area (Å²) in [7, 11) is 2.05. The predicted octanol–water partition coefficient (Wildman–Crippen LogP) is 1.48. The van der Waals surface area contributed by atoms with Crippen LogP contribution in [0.2, 0.25) is 0 Å². The molecule has 3 heteroatoms. The number of piperidine rings is 1. The highest BCUT2D eigenvalue weighted by Crippen LogP contribution is 2.25. The smallest absolute Gasteiger partial charge is 0.0623 e. The van der Waals surface area contributed by atoms with Crippen LogP contribution < -0.4 is 5.32 Å². The molecule has 2 unspecified atom stereocenters. The van der Waals surface area contributed by atoms with Gasteiger partial charge >= 0.3 is 0 Å². The highest BCUT2D eigenvalue weighted by Gasteiger charge is 2.32. The van der Waals surface area contributed by atoms with Gasteiger partial charge in [-0.2, -0.15) is 0 Å². The Labute approximate surface area is 99.5 Å². The molecule has 0 bridgehead atoms. The molecule has 2 rings (SSSR count). The van der Waals surface area contributed by atoms with E-state index in [2.05, 4.69) is 31.1 Å². The second kappa shape index (κ2) is 5.48. The van der Waals surface area contributed by atoms with Crippen molar-refractivity contribution in [1.29, 1.82) is 0 Å². The summed E-state index contributed by atoms with van der Waals surface area (Å²) in [6.07, 6.45) is 4.12. The molecule has 0 spiro atoms. The average Bonchev–Trinajstić information content (AvgIpc) is 2.71. The fourth-order valence-electron chi connectivity index (χ4n) is 3.20. The second-order valence-electron chi connectivity index (χ2n) is 5.52. The summed E-state index contributed by atoms with van der Waals surface area (Å²) >= 11 is 0. The molecule has 0 radical (unpaired) electrons. The van der Waals surface area contributed by atoms with Gasteiger partial charge in [0.15, 0.2) is 0 Å². The topological polar surface area (TPSA) is 24.5 Å². The first-order valence-electron chi connectivity index (χ1n) is 6.73. The van der Waals surface area contributed by atoms with Gasteiger partial charge in [-0.3, -0.25) is 4.90 Å². The van der Waals surface area contributed by atoms with E-state index < -0.39 is 0 Å². The minimum Gasteiger partial charge on any atom is -0.379 e. The molecule has 0 aliphatic carbocycles. The van der Waals surface area contributed by atoms with Gasteiger partial charge in [0.1, 0.15) is 0 Å². The molecule has 3 nitrogen and oxygen atoms in total. The Morgan fingerprint density at radius 3 is 2.50 bits per heavy atom. The average molecular weight is 226 g/mol. The fourth-order valence-corrected chi connectivity index (χ4v) is 3.20. The number of hydrogen-bond acceptors (Lipinski definition) is 3. The number of likely N-dealkylation sites (tertiary alicyclic amines) is 1. The molecule has 4 atom stereocenters. The lowest BCUT2D eigenvalue weighted by atomic mass is 9.94. The summed E-state index contributed by atoms with van der Waals surface area (Å²) in [6, 6.07) is 2.06. The number of nitrogens with one attached hydrogen (secondary N) is 1. The number of nitrogens with zero attached hydrogens (tertiary/aromatic N) is 1. The van der Waals surface area contributed by atoms with Crippen LogP contribution in [0.3, 0.4) is 0 Å². The van der Waals surface area contributed by atoms with Crippen molar-refractivity contribution in [2.24, 2.45) is 5.92 Å². The first-order valence-corrected chi connectivity index (χ1v) is 6.73. The maximum atomic E-state index is 5.58. The van der Waals surface area contributed by atoms with E-state index in [1.54, 1.807) is 0 Å². The Hall–Kier alpha value is -0.120. The van der Waals surface area contributed by atoms with Gasteiger partial charge in [0, 0.05) is 30.6 Å². The third-order valence-corrected chi connectivity index (χ3v) is 4.39. The number of rotatable bonds is 3. The van der Waals surface area contributed by atoms with E-state index in [0.29, 0.717) is 12.0 Å². The van der Waals surface area contributed by atoms with Crippen molar-refractivity contribution < 1.29 is 4.74 Å². The van der Waals surface area contributed by atoms with Crippen LogP contribution in [-0.4, -0.2) is 49.8 Å². The Balaban J connectivity index is 1.91. The Bertz CT molecular complexity index is 212. The molecule has 2 heterocycles. The lowest BCUT2D eigenvalue weighted by Gasteiger charge is -2.41. The molecule has 0 amide bonds. The van der Waals surface area contributed by atoms with Gasteiger partial charge in [-0.25, -0.2) is 0 Å². The van der Waals surface area contributed by atoms with Crippen molar-refractivity contribution >= 4 is 0 Å². The van der Waals surface area contributed by atoms with Gasteiger partial charge in [-0.05, 0) is 33.7 Å².